The third-order valence-electron chi connectivity index (χ3n) is 6.19. The van der Waals surface area contributed by atoms with Crippen molar-refractivity contribution >= 4 is 5.91 Å². The van der Waals surface area contributed by atoms with E-state index in [1.54, 1.807) is 0 Å². The van der Waals surface area contributed by atoms with Gasteiger partial charge in [-0.25, -0.2) is 0 Å². The van der Waals surface area contributed by atoms with Crippen LogP contribution in [-0.2, 0) is 4.79 Å². The molecule has 3 rings (SSSR count). The van der Waals surface area contributed by atoms with Gasteiger partial charge in [0.2, 0.25) is 5.91 Å². The summed E-state index contributed by atoms with van der Waals surface area (Å²) < 4.78 is 0. The fourth-order valence-electron chi connectivity index (χ4n) is 4.91. The van der Waals surface area contributed by atoms with Crippen molar-refractivity contribution in [1.82, 2.24) is 5.32 Å². The van der Waals surface area contributed by atoms with Crippen molar-refractivity contribution < 1.29 is 4.79 Å². The lowest BCUT2D eigenvalue weighted by Crippen LogP contribution is -2.48. The zero-order valence-corrected chi connectivity index (χ0v) is 11.7. The lowest BCUT2D eigenvalue weighted by molar-refractivity contribution is -0.120. The van der Waals surface area contributed by atoms with E-state index >= 15 is 0 Å². The van der Waals surface area contributed by atoms with Crippen LogP contribution in [0.15, 0.2) is 0 Å². The van der Waals surface area contributed by atoms with Gasteiger partial charge in [0.15, 0.2) is 0 Å². The highest BCUT2D eigenvalue weighted by Gasteiger charge is 2.72. The summed E-state index contributed by atoms with van der Waals surface area (Å²) in [6.45, 7) is 4.74. The van der Waals surface area contributed by atoms with E-state index in [-0.39, 0.29) is 17.5 Å². The Morgan fingerprint density at radius 3 is 2.56 bits per heavy atom. The molecule has 2 saturated carbocycles. The molecule has 3 heteroatoms. The summed E-state index contributed by atoms with van der Waals surface area (Å²) in [5.74, 6) is 1.37. The van der Waals surface area contributed by atoms with Gasteiger partial charge in [-0.2, -0.15) is 0 Å². The van der Waals surface area contributed by atoms with E-state index in [0.29, 0.717) is 11.3 Å². The summed E-state index contributed by atoms with van der Waals surface area (Å²) in [5.41, 5.74) is 6.02. The smallest absolute Gasteiger partial charge is 0.234 e. The lowest BCUT2D eigenvalue weighted by atomic mass is 9.75. The summed E-state index contributed by atoms with van der Waals surface area (Å²) in [6.07, 6.45) is 9.12. The minimum atomic E-state index is -0.168. The Bertz CT molecular complexity index is 364. The molecule has 4 atom stereocenters. The van der Waals surface area contributed by atoms with Crippen LogP contribution in [0.5, 0.6) is 0 Å². The highest BCUT2D eigenvalue weighted by molar-refractivity contribution is 5.81. The summed E-state index contributed by atoms with van der Waals surface area (Å²) in [4.78, 5) is 11.4. The SMILES string of the molecule is C[C@H](C1CCCCC1)C12CC1(C)CC(C(N)=O)N2. The number of carbonyl (C=O) groups is 1. The van der Waals surface area contributed by atoms with Crippen molar-refractivity contribution in [3.05, 3.63) is 0 Å². The second-order valence-corrected chi connectivity index (χ2v) is 7.20. The number of primary amides is 1. The van der Waals surface area contributed by atoms with E-state index in [4.69, 9.17) is 5.73 Å². The van der Waals surface area contributed by atoms with E-state index in [1.807, 2.05) is 0 Å². The zero-order chi connectivity index (χ0) is 13.0. The van der Waals surface area contributed by atoms with Crippen LogP contribution in [0.2, 0.25) is 0 Å². The van der Waals surface area contributed by atoms with Gasteiger partial charge < -0.3 is 5.73 Å². The van der Waals surface area contributed by atoms with Crippen molar-refractivity contribution in [2.45, 2.75) is 70.4 Å². The standard InChI is InChI=1S/C15H26N2O/c1-10(11-6-4-3-5-7-11)15-9-14(15,2)8-12(17-15)13(16)18/h10-12,17H,3-9H2,1-2H3,(H2,16,18)/t10-,12?,14?,15?/m1/s1. The number of rotatable bonds is 3. The molecule has 0 bridgehead atoms. The molecule has 2 aliphatic carbocycles. The minimum Gasteiger partial charge on any atom is -0.368 e. The number of nitrogens with two attached hydrogens (primary N) is 1. The number of hydrogen-bond donors (Lipinski definition) is 2. The number of nitrogens with one attached hydrogen (secondary N) is 1. The van der Waals surface area contributed by atoms with Crippen molar-refractivity contribution in [2.75, 3.05) is 0 Å². The van der Waals surface area contributed by atoms with Gasteiger partial charge >= 0.3 is 0 Å². The van der Waals surface area contributed by atoms with Crippen LogP contribution in [-0.4, -0.2) is 17.5 Å². The zero-order valence-electron chi connectivity index (χ0n) is 11.7. The fraction of sp³-hybridized carbons (Fsp3) is 0.933. The second-order valence-electron chi connectivity index (χ2n) is 7.20. The van der Waals surface area contributed by atoms with Gasteiger partial charge in [-0.1, -0.05) is 46.0 Å². The third kappa shape index (κ3) is 1.63. The Morgan fingerprint density at radius 1 is 1.33 bits per heavy atom. The predicted octanol–water partition coefficient (Wildman–Crippen LogP) is 2.20. The first kappa shape index (κ1) is 12.5. The predicted molar refractivity (Wildman–Crippen MR) is 71.9 cm³/mol. The van der Waals surface area contributed by atoms with Gasteiger partial charge in [-0.3, -0.25) is 10.1 Å². The molecule has 0 aromatic rings. The average molecular weight is 250 g/mol. The first-order valence-electron chi connectivity index (χ1n) is 7.55. The van der Waals surface area contributed by atoms with Crippen LogP contribution >= 0.6 is 0 Å². The molecular formula is C15H26N2O. The van der Waals surface area contributed by atoms with Gasteiger partial charge in [0.1, 0.15) is 0 Å². The number of hydrogen-bond acceptors (Lipinski definition) is 2. The Labute approximate surface area is 110 Å². The monoisotopic (exact) mass is 250 g/mol. The average Bonchev–Trinajstić information content (AvgIpc) is 2.83. The van der Waals surface area contributed by atoms with Crippen molar-refractivity contribution in [3.8, 4) is 0 Å². The molecule has 0 aromatic carbocycles. The van der Waals surface area contributed by atoms with Crippen molar-refractivity contribution in [2.24, 2.45) is 23.0 Å². The molecule has 1 saturated heterocycles. The van der Waals surface area contributed by atoms with Crippen LogP contribution in [0.1, 0.15) is 58.8 Å². The van der Waals surface area contributed by atoms with Crippen molar-refractivity contribution in [3.63, 3.8) is 0 Å². The Hall–Kier alpha value is -0.570. The van der Waals surface area contributed by atoms with E-state index in [1.165, 1.54) is 38.5 Å². The first-order chi connectivity index (χ1) is 8.48. The summed E-state index contributed by atoms with van der Waals surface area (Å²) in [7, 11) is 0. The van der Waals surface area contributed by atoms with Gasteiger partial charge in [-0.15, -0.1) is 0 Å². The lowest BCUT2D eigenvalue weighted by Gasteiger charge is -2.35. The Balaban J connectivity index is 1.74. The van der Waals surface area contributed by atoms with Gasteiger partial charge in [-0.05, 0) is 30.1 Å². The molecule has 102 valence electrons. The number of amides is 1. The Kier molecular flexibility index (Phi) is 2.74. The molecule has 0 radical (unpaired) electrons. The molecule has 18 heavy (non-hydrogen) atoms. The largest absolute Gasteiger partial charge is 0.368 e. The quantitative estimate of drug-likeness (QED) is 0.807. The first-order valence-corrected chi connectivity index (χ1v) is 7.55. The van der Waals surface area contributed by atoms with Gasteiger partial charge in [0, 0.05) is 5.54 Å². The van der Waals surface area contributed by atoms with E-state index in [9.17, 15) is 4.79 Å². The molecule has 3 fully saturated rings. The molecule has 3 N–H and O–H groups in total. The van der Waals surface area contributed by atoms with E-state index in [2.05, 4.69) is 19.2 Å². The fourth-order valence-corrected chi connectivity index (χ4v) is 4.91. The molecular weight excluding hydrogens is 224 g/mol. The molecule has 0 aromatic heterocycles. The van der Waals surface area contributed by atoms with Crippen molar-refractivity contribution in [1.29, 1.82) is 0 Å². The molecule has 3 unspecified atom stereocenters. The number of fused-ring (bicyclic) bond motifs is 1. The summed E-state index contributed by atoms with van der Waals surface area (Å²) in [5, 5.41) is 3.60. The maximum atomic E-state index is 11.4. The molecule has 0 spiro atoms. The number of carbonyl (C=O) groups excluding carboxylic acids is 1. The van der Waals surface area contributed by atoms with Crippen LogP contribution in [0.4, 0.5) is 0 Å². The highest BCUT2D eigenvalue weighted by atomic mass is 16.1. The van der Waals surface area contributed by atoms with Crippen LogP contribution in [0, 0.1) is 17.3 Å². The topological polar surface area (TPSA) is 55.1 Å². The normalized spacial score (nSPS) is 45.6. The molecule has 1 amide bonds. The Morgan fingerprint density at radius 2 is 2.00 bits per heavy atom. The van der Waals surface area contributed by atoms with E-state index in [0.717, 1.165) is 12.3 Å². The number of piperidine rings is 1. The van der Waals surface area contributed by atoms with Crippen LogP contribution in [0.3, 0.4) is 0 Å². The molecule has 1 aliphatic heterocycles. The maximum Gasteiger partial charge on any atom is 0.234 e. The maximum absolute atomic E-state index is 11.4. The second kappa shape index (κ2) is 3.96. The van der Waals surface area contributed by atoms with Crippen LogP contribution < -0.4 is 11.1 Å². The van der Waals surface area contributed by atoms with Crippen LogP contribution in [0.25, 0.3) is 0 Å². The molecule has 3 aliphatic rings. The molecule has 1 heterocycles. The summed E-state index contributed by atoms with van der Waals surface area (Å²) in [6, 6.07) is -0.0882. The third-order valence-corrected chi connectivity index (χ3v) is 6.19. The minimum absolute atomic E-state index is 0.0882. The van der Waals surface area contributed by atoms with Gasteiger partial charge in [0.25, 0.3) is 0 Å². The van der Waals surface area contributed by atoms with Gasteiger partial charge in [0.05, 0.1) is 6.04 Å². The highest BCUT2D eigenvalue weighted by Crippen LogP contribution is 2.68. The molecule has 3 nitrogen and oxygen atoms in total. The summed E-state index contributed by atoms with van der Waals surface area (Å²) >= 11 is 0. The van der Waals surface area contributed by atoms with E-state index < -0.39 is 0 Å².